The normalized spacial score (nSPS) is 21.9. The molecule has 1 saturated carbocycles. The molecule has 7 nitrogen and oxygen atoms in total. The Kier molecular flexibility index (Phi) is 7.33. The lowest BCUT2D eigenvalue weighted by Crippen LogP contribution is -2.59. The molecular weight excluding hydrogens is 663 g/mol. The number of fused-ring (bicyclic) bond motifs is 3. The van der Waals surface area contributed by atoms with E-state index in [0.717, 1.165) is 12.1 Å². The van der Waals surface area contributed by atoms with Gasteiger partial charge in [0.2, 0.25) is 5.91 Å². The molecule has 3 aliphatic rings. The van der Waals surface area contributed by atoms with E-state index in [1.807, 2.05) is 4.90 Å². The van der Waals surface area contributed by atoms with Crippen LogP contribution in [0.5, 0.6) is 0 Å². The Hall–Kier alpha value is -3.48. The van der Waals surface area contributed by atoms with Gasteiger partial charge >= 0.3 is 6.18 Å². The lowest BCUT2D eigenvalue weighted by molar-refractivity contribution is -0.142. The Labute approximate surface area is 254 Å². The van der Waals surface area contributed by atoms with Gasteiger partial charge in [-0.05, 0) is 77.5 Å². The summed E-state index contributed by atoms with van der Waals surface area (Å²) in [7, 11) is 1.81. The minimum Gasteiger partial charge on any atom is -0.375 e. The molecule has 1 aliphatic heterocycles. The maximum Gasteiger partial charge on any atom is 0.435 e. The maximum absolute atomic E-state index is 15.0. The van der Waals surface area contributed by atoms with Crippen LogP contribution in [0.4, 0.5) is 30.7 Å². The zero-order chi connectivity index (χ0) is 31.8. The number of alkyl halides is 5. The van der Waals surface area contributed by atoms with Gasteiger partial charge in [0.05, 0.1) is 11.7 Å². The van der Waals surface area contributed by atoms with Crippen molar-refractivity contribution < 1.29 is 40.6 Å². The van der Waals surface area contributed by atoms with E-state index < -0.39 is 76.6 Å². The topological polar surface area (TPSA) is 83.3 Å². The van der Waals surface area contributed by atoms with Crippen molar-refractivity contribution in [2.75, 3.05) is 20.1 Å². The van der Waals surface area contributed by atoms with Crippen molar-refractivity contribution >= 4 is 21.8 Å². The molecule has 1 aromatic carbocycles. The van der Waals surface area contributed by atoms with Crippen molar-refractivity contribution in [2.45, 2.75) is 49.0 Å². The van der Waals surface area contributed by atoms with Gasteiger partial charge in [0.15, 0.2) is 11.3 Å². The van der Waals surface area contributed by atoms with E-state index in [9.17, 15) is 31.9 Å². The van der Waals surface area contributed by atoms with Crippen LogP contribution >= 0.6 is 15.9 Å². The summed E-state index contributed by atoms with van der Waals surface area (Å²) in [6.45, 7) is -0.332. The molecule has 1 saturated heterocycles. The van der Waals surface area contributed by atoms with Gasteiger partial charge in [-0.25, -0.2) is 13.8 Å². The summed E-state index contributed by atoms with van der Waals surface area (Å²) in [4.78, 5) is 19.6. The fourth-order valence-electron chi connectivity index (χ4n) is 6.03. The number of nitrogens with one attached hydrogen (secondary N) is 1. The number of carbonyl (C=O) groups is 1. The number of benzene rings is 1. The van der Waals surface area contributed by atoms with Crippen LogP contribution in [-0.2, 0) is 29.9 Å². The number of likely N-dealkylation sites (tertiary alicyclic amines) is 1. The monoisotopic (exact) mass is 685 g/mol. The van der Waals surface area contributed by atoms with Gasteiger partial charge in [0, 0.05) is 35.1 Å². The molecule has 2 fully saturated rings. The van der Waals surface area contributed by atoms with Crippen molar-refractivity contribution in [2.24, 2.45) is 5.92 Å². The molecular formula is C29H23BrF7N5O2. The van der Waals surface area contributed by atoms with Crippen LogP contribution in [0, 0.1) is 29.4 Å². The molecule has 15 heteroatoms. The van der Waals surface area contributed by atoms with Crippen LogP contribution < -0.4 is 5.32 Å². The molecule has 3 atom stereocenters. The number of likely N-dealkylation sites (N-methyl/N-ethyl adjacent to an activating group) is 1. The number of hydrogen-bond donors (Lipinski definition) is 2. The summed E-state index contributed by atoms with van der Waals surface area (Å²) in [5, 5.41) is 16.4. The third-order valence-electron chi connectivity index (χ3n) is 7.88. The summed E-state index contributed by atoms with van der Waals surface area (Å²) in [5.74, 6) is -3.09. The molecule has 2 aliphatic carbocycles. The number of aromatic nitrogens is 3. The van der Waals surface area contributed by atoms with Gasteiger partial charge in [-0.2, -0.15) is 27.1 Å². The smallest absolute Gasteiger partial charge is 0.375 e. The highest BCUT2D eigenvalue weighted by molar-refractivity contribution is 9.10. The van der Waals surface area contributed by atoms with E-state index in [4.69, 9.17) is 0 Å². The van der Waals surface area contributed by atoms with E-state index in [2.05, 4.69) is 43.2 Å². The average molecular weight is 686 g/mol. The second kappa shape index (κ2) is 10.6. The van der Waals surface area contributed by atoms with Crippen LogP contribution in [0.15, 0.2) is 34.8 Å². The van der Waals surface area contributed by atoms with Gasteiger partial charge < -0.3 is 10.4 Å². The molecule has 232 valence electrons. The number of nitrogens with zero attached hydrogens (tertiary/aromatic N) is 4. The lowest BCUT2D eigenvalue weighted by atomic mass is 9.96. The van der Waals surface area contributed by atoms with Crippen LogP contribution in [0.2, 0.25) is 0 Å². The average Bonchev–Trinajstić information content (AvgIpc) is 3.54. The summed E-state index contributed by atoms with van der Waals surface area (Å²) in [5.41, 5.74) is -3.75. The quantitative estimate of drug-likeness (QED) is 0.291. The van der Waals surface area contributed by atoms with Crippen molar-refractivity contribution in [3.63, 3.8) is 0 Å². The first kappa shape index (κ1) is 30.5. The Morgan fingerprint density at radius 2 is 1.89 bits per heavy atom. The lowest BCUT2D eigenvalue weighted by Gasteiger charge is -2.40. The number of β-amino-alcohol motifs (C(OH)–C–C–N with tert-alkyl or cyclic N) is 1. The number of pyridine rings is 1. The van der Waals surface area contributed by atoms with Crippen LogP contribution in [-0.4, -0.2) is 56.4 Å². The number of rotatable bonds is 6. The van der Waals surface area contributed by atoms with Crippen molar-refractivity contribution in [1.82, 2.24) is 25.0 Å². The Morgan fingerprint density at radius 1 is 1.20 bits per heavy atom. The Bertz CT molecular complexity index is 1700. The fourth-order valence-corrected chi connectivity index (χ4v) is 6.52. The second-order valence-corrected chi connectivity index (χ2v) is 12.3. The SMILES string of the molecule is CN1CC(O)(C#Cc2ccc(Br)c([C@H](Cc3cc(F)cc(F)c3)NC(=O)Cn3nc(C(F)(F)F)c4c3C(F)(F)[C@@H]3C[C@H]43)n2)C1. The molecule has 3 heterocycles. The van der Waals surface area contributed by atoms with Gasteiger partial charge in [-0.1, -0.05) is 5.92 Å². The first-order valence-corrected chi connectivity index (χ1v) is 14.2. The molecule has 0 radical (unpaired) electrons. The minimum atomic E-state index is -5.00. The maximum atomic E-state index is 15.0. The van der Waals surface area contributed by atoms with Gasteiger partial charge in [0.1, 0.15) is 29.6 Å². The second-order valence-electron chi connectivity index (χ2n) is 11.5. The third kappa shape index (κ3) is 5.70. The van der Waals surface area contributed by atoms with Crippen molar-refractivity contribution in [1.29, 1.82) is 0 Å². The highest BCUT2D eigenvalue weighted by Crippen LogP contribution is 2.68. The zero-order valence-corrected chi connectivity index (χ0v) is 24.4. The van der Waals surface area contributed by atoms with E-state index in [1.165, 1.54) is 6.07 Å². The molecule has 0 unspecified atom stereocenters. The highest BCUT2D eigenvalue weighted by atomic mass is 79.9. The van der Waals surface area contributed by atoms with E-state index in [-0.39, 0.29) is 29.8 Å². The van der Waals surface area contributed by atoms with Crippen molar-refractivity contribution in [3.05, 3.63) is 80.3 Å². The van der Waals surface area contributed by atoms with E-state index >= 15 is 8.78 Å². The Balaban J connectivity index is 1.32. The first-order chi connectivity index (χ1) is 20.5. The number of amides is 1. The van der Waals surface area contributed by atoms with E-state index in [0.29, 0.717) is 28.3 Å². The van der Waals surface area contributed by atoms with Crippen LogP contribution in [0.1, 0.15) is 52.3 Å². The molecule has 0 bridgehead atoms. The summed E-state index contributed by atoms with van der Waals surface area (Å²) in [6.07, 6.45) is -5.33. The minimum absolute atomic E-state index is 0.0970. The number of hydrogen-bond acceptors (Lipinski definition) is 5. The third-order valence-corrected chi connectivity index (χ3v) is 8.55. The van der Waals surface area contributed by atoms with Crippen LogP contribution in [0.3, 0.4) is 0 Å². The van der Waals surface area contributed by atoms with Crippen LogP contribution in [0.25, 0.3) is 0 Å². The molecule has 1 amide bonds. The molecule has 3 aromatic rings. The zero-order valence-electron chi connectivity index (χ0n) is 22.8. The molecule has 6 rings (SSSR count). The number of carbonyl (C=O) groups excluding carboxylic acids is 1. The fraction of sp³-hybridized carbons (Fsp3) is 0.414. The summed E-state index contributed by atoms with van der Waals surface area (Å²) < 4.78 is 99.9. The number of aliphatic hydroxyl groups is 1. The molecule has 44 heavy (non-hydrogen) atoms. The summed E-state index contributed by atoms with van der Waals surface area (Å²) in [6, 6.07) is 4.67. The Morgan fingerprint density at radius 3 is 2.52 bits per heavy atom. The molecule has 2 aromatic heterocycles. The largest absolute Gasteiger partial charge is 0.435 e. The number of halogens is 8. The predicted molar refractivity (Wildman–Crippen MR) is 144 cm³/mol. The molecule has 2 N–H and O–H groups in total. The van der Waals surface area contributed by atoms with E-state index in [1.54, 1.807) is 13.1 Å². The van der Waals surface area contributed by atoms with Gasteiger partial charge in [-0.15, -0.1) is 0 Å². The predicted octanol–water partition coefficient (Wildman–Crippen LogP) is 4.67. The first-order valence-electron chi connectivity index (χ1n) is 13.4. The van der Waals surface area contributed by atoms with Crippen molar-refractivity contribution in [3.8, 4) is 11.8 Å². The van der Waals surface area contributed by atoms with Gasteiger partial charge in [0.25, 0.3) is 5.92 Å². The molecule has 0 spiro atoms. The van der Waals surface area contributed by atoms with Gasteiger partial charge in [-0.3, -0.25) is 14.4 Å². The highest BCUT2D eigenvalue weighted by Gasteiger charge is 2.68. The standard InChI is InChI=1S/C29H23BrF7N5O2/c1-41-12-27(44,13-41)5-4-17-2-3-20(30)24(38-17)21(8-14-6-15(31)9-16(32)7-14)39-22(43)11-42-26-23(25(40-42)29(35,36)37)18-10-19(18)28(26,33)34/h2-3,6-7,9,18-19,21,44H,8,10-13H2,1H3,(H,39,43)/t18-,19+,21-/m0/s1. The summed E-state index contributed by atoms with van der Waals surface area (Å²) >= 11 is 3.34.